The van der Waals surface area contributed by atoms with Gasteiger partial charge in [-0.3, -0.25) is 0 Å². The van der Waals surface area contributed by atoms with Crippen molar-refractivity contribution in [2.45, 2.75) is 46.0 Å². The van der Waals surface area contributed by atoms with Gasteiger partial charge in [-0.15, -0.1) is 6.58 Å². The van der Waals surface area contributed by atoms with Crippen LogP contribution in [0.1, 0.15) is 46.0 Å². The first-order chi connectivity index (χ1) is 5.66. The zero-order chi connectivity index (χ0) is 9.40. The fourth-order valence-electron chi connectivity index (χ4n) is 1.27. The van der Waals surface area contributed by atoms with E-state index >= 15 is 0 Å². The smallest absolute Gasteiger partial charge is 0.129 e. The molecule has 0 aromatic heterocycles. The van der Waals surface area contributed by atoms with Crippen molar-refractivity contribution in [3.05, 3.63) is 12.7 Å². The minimum absolute atomic E-state index is 0.311. The van der Waals surface area contributed by atoms with E-state index in [9.17, 15) is 4.79 Å². The van der Waals surface area contributed by atoms with Crippen LogP contribution in [0.4, 0.5) is 0 Å². The van der Waals surface area contributed by atoms with Gasteiger partial charge in [0.25, 0.3) is 0 Å². The van der Waals surface area contributed by atoms with Gasteiger partial charge in [-0.05, 0) is 25.7 Å². The third-order valence-corrected chi connectivity index (χ3v) is 2.04. The molecule has 0 saturated carbocycles. The Labute approximate surface area is 75.9 Å². The Morgan fingerprint density at radius 2 is 2.17 bits per heavy atom. The number of Topliss-reactive ketones (excluding diaryl/α,β-unsaturated/α-hetero) is 1. The molecular weight excluding hydrogens is 148 g/mol. The van der Waals surface area contributed by atoms with Gasteiger partial charge in [-0.1, -0.05) is 25.8 Å². The number of rotatable bonds is 7. The number of ketones is 1. The molecular formula is C11H20O. The Morgan fingerprint density at radius 3 is 2.67 bits per heavy atom. The zero-order valence-corrected chi connectivity index (χ0v) is 8.31. The van der Waals surface area contributed by atoms with Crippen LogP contribution in [0.5, 0.6) is 0 Å². The third-order valence-electron chi connectivity index (χ3n) is 2.04. The van der Waals surface area contributed by atoms with E-state index in [1.807, 2.05) is 6.08 Å². The van der Waals surface area contributed by atoms with Crippen molar-refractivity contribution in [1.82, 2.24) is 0 Å². The van der Waals surface area contributed by atoms with E-state index in [2.05, 4.69) is 13.5 Å². The summed E-state index contributed by atoms with van der Waals surface area (Å²) < 4.78 is 0. The van der Waals surface area contributed by atoms with Gasteiger partial charge in [-0.25, -0.2) is 0 Å². The fraction of sp³-hybridized carbons (Fsp3) is 0.727. The molecule has 0 aliphatic rings. The van der Waals surface area contributed by atoms with Gasteiger partial charge in [0.15, 0.2) is 0 Å². The summed E-state index contributed by atoms with van der Waals surface area (Å²) in [7, 11) is 0. The van der Waals surface area contributed by atoms with Crippen molar-refractivity contribution in [3.63, 3.8) is 0 Å². The number of carbonyl (C=O) groups excluding carboxylic acids is 1. The molecule has 0 bridgehead atoms. The number of allylic oxidation sites excluding steroid dienone is 1. The van der Waals surface area contributed by atoms with Gasteiger partial charge >= 0.3 is 0 Å². The van der Waals surface area contributed by atoms with Crippen LogP contribution in [0.15, 0.2) is 12.7 Å². The van der Waals surface area contributed by atoms with Crippen LogP contribution < -0.4 is 0 Å². The first-order valence-corrected chi connectivity index (χ1v) is 4.77. The zero-order valence-electron chi connectivity index (χ0n) is 8.31. The maximum absolute atomic E-state index is 10.6. The summed E-state index contributed by atoms with van der Waals surface area (Å²) in [5.74, 6) is 1.04. The third kappa shape index (κ3) is 7.52. The average molecular weight is 168 g/mol. The van der Waals surface area contributed by atoms with Crippen molar-refractivity contribution in [2.24, 2.45) is 5.92 Å². The molecule has 0 unspecified atom stereocenters. The van der Waals surface area contributed by atoms with Crippen LogP contribution in [0.25, 0.3) is 0 Å². The summed E-state index contributed by atoms with van der Waals surface area (Å²) in [6, 6.07) is 0. The number of hydrogen-bond acceptors (Lipinski definition) is 1. The highest BCUT2D eigenvalue weighted by Gasteiger charge is 1.99. The van der Waals surface area contributed by atoms with Gasteiger partial charge in [0.05, 0.1) is 0 Å². The second-order valence-electron chi connectivity index (χ2n) is 3.58. The van der Waals surface area contributed by atoms with Crippen molar-refractivity contribution in [1.29, 1.82) is 0 Å². The average Bonchev–Trinajstić information content (AvgIpc) is 1.98. The molecule has 0 fully saturated rings. The van der Waals surface area contributed by atoms with Crippen molar-refractivity contribution >= 4 is 5.78 Å². The first-order valence-electron chi connectivity index (χ1n) is 4.77. The van der Waals surface area contributed by atoms with Crippen molar-refractivity contribution in [2.75, 3.05) is 0 Å². The van der Waals surface area contributed by atoms with Gasteiger partial charge in [-0.2, -0.15) is 0 Å². The van der Waals surface area contributed by atoms with Gasteiger partial charge < -0.3 is 4.79 Å². The van der Waals surface area contributed by atoms with Crippen molar-refractivity contribution in [3.8, 4) is 0 Å². The molecule has 0 amide bonds. The summed E-state index contributed by atoms with van der Waals surface area (Å²) in [6.07, 6.45) is 7.27. The molecule has 0 aliphatic heterocycles. The number of unbranched alkanes of at least 4 members (excludes halogenated alkanes) is 1. The summed E-state index contributed by atoms with van der Waals surface area (Å²) >= 11 is 0. The van der Waals surface area contributed by atoms with Crippen LogP contribution >= 0.6 is 0 Å². The van der Waals surface area contributed by atoms with E-state index in [0.717, 1.165) is 25.2 Å². The lowest BCUT2D eigenvalue weighted by atomic mass is 9.99. The summed E-state index contributed by atoms with van der Waals surface area (Å²) in [4.78, 5) is 10.6. The second-order valence-corrected chi connectivity index (χ2v) is 3.58. The fourth-order valence-corrected chi connectivity index (χ4v) is 1.27. The molecule has 0 aliphatic carbocycles. The van der Waals surface area contributed by atoms with Gasteiger partial charge in [0.1, 0.15) is 5.78 Å². The molecule has 0 aromatic carbocycles. The monoisotopic (exact) mass is 168 g/mol. The molecule has 1 heteroatoms. The minimum atomic E-state index is 0.311. The Morgan fingerprint density at radius 1 is 1.50 bits per heavy atom. The minimum Gasteiger partial charge on any atom is -0.300 e. The van der Waals surface area contributed by atoms with Crippen LogP contribution in [0.3, 0.4) is 0 Å². The van der Waals surface area contributed by atoms with Gasteiger partial charge in [0.2, 0.25) is 0 Å². The molecule has 0 radical (unpaired) electrons. The molecule has 1 atom stereocenters. The molecule has 1 nitrogen and oxygen atoms in total. The van der Waals surface area contributed by atoms with Gasteiger partial charge in [0, 0.05) is 6.42 Å². The van der Waals surface area contributed by atoms with Crippen molar-refractivity contribution < 1.29 is 4.79 Å². The molecule has 0 spiro atoms. The van der Waals surface area contributed by atoms with Crippen LogP contribution in [-0.4, -0.2) is 5.78 Å². The van der Waals surface area contributed by atoms with E-state index in [-0.39, 0.29) is 0 Å². The predicted molar refractivity (Wildman–Crippen MR) is 53.1 cm³/mol. The topological polar surface area (TPSA) is 17.1 Å². The molecule has 12 heavy (non-hydrogen) atoms. The lowest BCUT2D eigenvalue weighted by Crippen LogP contribution is -1.94. The number of carbonyl (C=O) groups is 1. The summed E-state index contributed by atoms with van der Waals surface area (Å²) in [6.45, 7) is 7.59. The quantitative estimate of drug-likeness (QED) is 0.421. The highest BCUT2D eigenvalue weighted by molar-refractivity contribution is 5.75. The molecule has 0 aromatic rings. The molecule has 70 valence electrons. The van der Waals surface area contributed by atoms with Crippen LogP contribution in [-0.2, 0) is 4.79 Å². The van der Waals surface area contributed by atoms with E-state index in [1.54, 1.807) is 6.92 Å². The summed E-state index contributed by atoms with van der Waals surface area (Å²) in [5.41, 5.74) is 0. The van der Waals surface area contributed by atoms with E-state index in [0.29, 0.717) is 5.78 Å². The maximum atomic E-state index is 10.6. The normalized spacial score (nSPS) is 12.5. The molecule has 0 saturated heterocycles. The molecule has 0 heterocycles. The first kappa shape index (κ1) is 11.4. The summed E-state index contributed by atoms with van der Waals surface area (Å²) in [5, 5.41) is 0. The maximum Gasteiger partial charge on any atom is 0.129 e. The Balaban J connectivity index is 3.18. The number of hydrogen-bond donors (Lipinski definition) is 0. The molecule has 0 rings (SSSR count). The Bertz CT molecular complexity index is 138. The standard InChI is InChI=1S/C11H20O/c1-4-7-10(2)8-5-6-9-11(3)12/h4,10H,1,5-9H2,2-3H3/t10-/m0/s1. The Hall–Kier alpha value is -0.590. The van der Waals surface area contributed by atoms with E-state index in [4.69, 9.17) is 0 Å². The van der Waals surface area contributed by atoms with Crippen LogP contribution in [0.2, 0.25) is 0 Å². The highest BCUT2D eigenvalue weighted by Crippen LogP contribution is 2.12. The SMILES string of the molecule is C=CC[C@H](C)CCCCC(C)=O. The largest absolute Gasteiger partial charge is 0.300 e. The second kappa shape index (κ2) is 7.08. The Kier molecular flexibility index (Phi) is 6.73. The lowest BCUT2D eigenvalue weighted by Gasteiger charge is -2.06. The van der Waals surface area contributed by atoms with Crippen LogP contribution in [0, 0.1) is 5.92 Å². The van der Waals surface area contributed by atoms with E-state index < -0.39 is 0 Å². The highest BCUT2D eigenvalue weighted by atomic mass is 16.1. The molecule has 0 N–H and O–H groups in total. The predicted octanol–water partition coefficient (Wildman–Crippen LogP) is 3.35. The lowest BCUT2D eigenvalue weighted by molar-refractivity contribution is -0.117. The van der Waals surface area contributed by atoms with E-state index in [1.165, 1.54) is 12.8 Å².